The van der Waals surface area contributed by atoms with Crippen LogP contribution in [0.2, 0.25) is 0 Å². The second kappa shape index (κ2) is 8.60. The van der Waals surface area contributed by atoms with Crippen LogP contribution in [0.4, 0.5) is 20.9 Å². The van der Waals surface area contributed by atoms with Gasteiger partial charge in [-0.25, -0.2) is 9.07 Å². The fraction of sp³-hybridized carbons (Fsp3) is 0.263. The highest BCUT2D eigenvalue weighted by Crippen LogP contribution is 2.21. The van der Waals surface area contributed by atoms with Gasteiger partial charge in [0.2, 0.25) is 5.13 Å². The van der Waals surface area contributed by atoms with Gasteiger partial charge in [-0.3, -0.25) is 4.90 Å². The molecular formula is C19H22FN5S2. The van der Waals surface area contributed by atoms with Gasteiger partial charge in [0.05, 0.1) is 6.67 Å². The first-order chi connectivity index (χ1) is 12.9. The Bertz CT molecular complexity index is 949. The molecule has 1 N–H and O–H groups in total. The van der Waals surface area contributed by atoms with Crippen molar-refractivity contribution >= 4 is 40.1 Å². The molecule has 0 spiro atoms. The molecule has 0 bridgehead atoms. The third kappa shape index (κ3) is 5.35. The van der Waals surface area contributed by atoms with Crippen LogP contribution in [-0.2, 0) is 13.2 Å². The highest BCUT2D eigenvalue weighted by molar-refractivity contribution is 7.73. The van der Waals surface area contributed by atoms with E-state index < -0.39 is 0 Å². The van der Waals surface area contributed by atoms with Crippen LogP contribution in [0.15, 0.2) is 48.5 Å². The first-order valence-electron chi connectivity index (χ1n) is 8.46. The van der Waals surface area contributed by atoms with Gasteiger partial charge in [0.1, 0.15) is 5.82 Å². The Morgan fingerprint density at radius 3 is 2.56 bits per heavy atom. The topological polar surface area (TPSA) is 36.3 Å². The van der Waals surface area contributed by atoms with Crippen molar-refractivity contribution in [2.24, 2.45) is 0 Å². The van der Waals surface area contributed by atoms with Gasteiger partial charge in [0.25, 0.3) is 0 Å². The highest BCUT2D eigenvalue weighted by atomic mass is 32.1. The molecule has 0 aliphatic carbocycles. The van der Waals surface area contributed by atoms with Crippen molar-refractivity contribution in [3.05, 3.63) is 63.9 Å². The van der Waals surface area contributed by atoms with Crippen molar-refractivity contribution in [3.8, 4) is 0 Å². The van der Waals surface area contributed by atoms with Gasteiger partial charge in [-0.05, 0) is 55.2 Å². The van der Waals surface area contributed by atoms with E-state index >= 15 is 0 Å². The Morgan fingerprint density at radius 2 is 1.89 bits per heavy atom. The van der Waals surface area contributed by atoms with Gasteiger partial charge in [0.15, 0.2) is 3.95 Å². The lowest BCUT2D eigenvalue weighted by Crippen LogP contribution is -2.22. The predicted octanol–water partition coefficient (Wildman–Crippen LogP) is 4.71. The van der Waals surface area contributed by atoms with Crippen molar-refractivity contribution in [3.63, 3.8) is 0 Å². The minimum atomic E-state index is -0.289. The van der Waals surface area contributed by atoms with Gasteiger partial charge in [-0.1, -0.05) is 29.5 Å². The molecule has 3 aromatic rings. The number of anilines is 3. The molecule has 0 saturated heterocycles. The van der Waals surface area contributed by atoms with E-state index in [0.29, 0.717) is 21.4 Å². The molecular weight excluding hydrogens is 381 g/mol. The summed E-state index contributed by atoms with van der Waals surface area (Å²) in [6.45, 7) is 1.37. The van der Waals surface area contributed by atoms with Crippen LogP contribution in [0.1, 0.15) is 5.56 Å². The number of rotatable bonds is 7. The average molecular weight is 404 g/mol. The van der Waals surface area contributed by atoms with Crippen LogP contribution in [0.25, 0.3) is 0 Å². The molecule has 0 atom stereocenters. The normalized spacial score (nSPS) is 11.0. The molecule has 2 aromatic carbocycles. The average Bonchev–Trinajstić information content (AvgIpc) is 2.94. The lowest BCUT2D eigenvalue weighted by atomic mass is 10.2. The number of nitrogens with zero attached hydrogens (tertiary/aromatic N) is 4. The fourth-order valence-electron chi connectivity index (χ4n) is 2.63. The second-order valence-corrected chi connectivity index (χ2v) is 8.15. The zero-order chi connectivity index (χ0) is 19.4. The summed E-state index contributed by atoms with van der Waals surface area (Å²) in [5, 5.41) is 8.25. The number of nitrogens with one attached hydrogen (secondary N) is 1. The van der Waals surface area contributed by atoms with Gasteiger partial charge in [0, 0.05) is 32.0 Å². The molecule has 0 aliphatic rings. The van der Waals surface area contributed by atoms with Gasteiger partial charge < -0.3 is 10.2 Å². The van der Waals surface area contributed by atoms with Crippen LogP contribution in [0, 0.1) is 9.77 Å². The largest absolute Gasteiger partial charge is 0.378 e. The van der Waals surface area contributed by atoms with Crippen molar-refractivity contribution in [1.82, 2.24) is 14.7 Å². The maximum Gasteiger partial charge on any atom is 0.209 e. The standard InChI is InChI=1S/C19H22FN5S2/c1-23(2)17-9-7-14(8-10-17)12-24(3)13-25-19(26)27-18(22-25)21-16-6-4-5-15(20)11-16/h4-11H,12-13H2,1-3H3,(H,21,22). The highest BCUT2D eigenvalue weighted by Gasteiger charge is 2.08. The quantitative estimate of drug-likeness (QED) is 0.578. The molecule has 1 heterocycles. The summed E-state index contributed by atoms with van der Waals surface area (Å²) in [5.74, 6) is -0.289. The van der Waals surface area contributed by atoms with Crippen LogP contribution >= 0.6 is 23.6 Å². The first kappa shape index (κ1) is 19.5. The molecule has 0 unspecified atom stereocenters. The number of hydrogen-bond acceptors (Lipinski definition) is 6. The van der Waals surface area contributed by atoms with Gasteiger partial charge in [-0.15, -0.1) is 5.10 Å². The zero-order valence-electron chi connectivity index (χ0n) is 15.5. The minimum absolute atomic E-state index is 0.289. The van der Waals surface area contributed by atoms with Crippen LogP contribution in [0.3, 0.4) is 0 Å². The molecule has 8 heteroatoms. The van der Waals surface area contributed by atoms with Gasteiger partial charge >= 0.3 is 0 Å². The van der Waals surface area contributed by atoms with E-state index in [2.05, 4.69) is 44.5 Å². The third-order valence-electron chi connectivity index (χ3n) is 3.96. The molecule has 27 heavy (non-hydrogen) atoms. The van der Waals surface area contributed by atoms with E-state index in [9.17, 15) is 4.39 Å². The molecule has 0 amide bonds. The Hall–Kier alpha value is -2.29. The summed E-state index contributed by atoms with van der Waals surface area (Å²) in [4.78, 5) is 4.22. The third-order valence-corrected chi connectivity index (χ3v) is 5.19. The molecule has 0 aliphatic heterocycles. The monoisotopic (exact) mass is 403 g/mol. The van der Waals surface area contributed by atoms with Crippen molar-refractivity contribution in [2.75, 3.05) is 31.4 Å². The predicted molar refractivity (Wildman–Crippen MR) is 113 cm³/mol. The smallest absolute Gasteiger partial charge is 0.209 e. The van der Waals surface area contributed by atoms with Crippen molar-refractivity contribution < 1.29 is 4.39 Å². The Balaban J connectivity index is 1.63. The lowest BCUT2D eigenvalue weighted by Gasteiger charge is -2.18. The van der Waals surface area contributed by atoms with E-state index in [1.54, 1.807) is 16.8 Å². The molecule has 0 saturated carbocycles. The minimum Gasteiger partial charge on any atom is -0.378 e. The van der Waals surface area contributed by atoms with E-state index in [-0.39, 0.29) is 5.82 Å². The number of halogens is 1. The summed E-state index contributed by atoms with van der Waals surface area (Å²) in [5.41, 5.74) is 3.05. The molecule has 5 nitrogen and oxygen atoms in total. The molecule has 1 aromatic heterocycles. The zero-order valence-corrected chi connectivity index (χ0v) is 17.1. The summed E-state index contributed by atoms with van der Waals surface area (Å²) >= 11 is 6.79. The van der Waals surface area contributed by atoms with E-state index in [1.807, 2.05) is 21.1 Å². The SMILES string of the molecule is CN(Cc1ccc(N(C)C)cc1)Cn1nc(Nc2cccc(F)c2)sc1=S. The fourth-order valence-corrected chi connectivity index (χ4v) is 3.64. The Kier molecular flexibility index (Phi) is 6.20. The summed E-state index contributed by atoms with van der Waals surface area (Å²) in [6, 6.07) is 14.8. The molecule has 0 radical (unpaired) electrons. The number of benzene rings is 2. The number of hydrogen-bond donors (Lipinski definition) is 1. The van der Waals surface area contributed by atoms with Crippen LogP contribution in [-0.4, -0.2) is 35.8 Å². The Morgan fingerprint density at radius 1 is 1.15 bits per heavy atom. The van der Waals surface area contributed by atoms with E-state index in [0.717, 1.165) is 6.54 Å². The van der Waals surface area contributed by atoms with Gasteiger partial charge in [-0.2, -0.15) is 0 Å². The maximum absolute atomic E-state index is 13.3. The molecule has 3 rings (SSSR count). The summed E-state index contributed by atoms with van der Waals surface area (Å²) < 4.78 is 15.8. The first-order valence-corrected chi connectivity index (χ1v) is 9.68. The van der Waals surface area contributed by atoms with Crippen molar-refractivity contribution in [2.45, 2.75) is 13.2 Å². The maximum atomic E-state index is 13.3. The second-order valence-electron chi connectivity index (χ2n) is 6.52. The van der Waals surface area contributed by atoms with Crippen LogP contribution < -0.4 is 10.2 Å². The molecule has 142 valence electrons. The van der Waals surface area contributed by atoms with E-state index in [4.69, 9.17) is 12.2 Å². The summed E-state index contributed by atoms with van der Waals surface area (Å²) in [6.07, 6.45) is 0. The Labute approximate surface area is 167 Å². The lowest BCUT2D eigenvalue weighted by molar-refractivity contribution is 0.245. The summed E-state index contributed by atoms with van der Waals surface area (Å²) in [7, 11) is 6.09. The van der Waals surface area contributed by atoms with Crippen LogP contribution in [0.5, 0.6) is 0 Å². The number of aromatic nitrogens is 2. The van der Waals surface area contributed by atoms with E-state index in [1.165, 1.54) is 34.7 Å². The molecule has 0 fully saturated rings. The van der Waals surface area contributed by atoms with Crippen molar-refractivity contribution in [1.29, 1.82) is 0 Å².